The lowest BCUT2D eigenvalue weighted by molar-refractivity contribution is 0.0731. The maximum absolute atomic E-state index is 12.4. The van der Waals surface area contributed by atoms with E-state index in [0.717, 1.165) is 11.1 Å². The van der Waals surface area contributed by atoms with E-state index >= 15 is 0 Å². The molecule has 4 heteroatoms. The van der Waals surface area contributed by atoms with Gasteiger partial charge in [0.15, 0.2) is 0 Å². The van der Waals surface area contributed by atoms with Crippen LogP contribution >= 0.6 is 0 Å². The summed E-state index contributed by atoms with van der Waals surface area (Å²) in [6, 6.07) is 5.49. The number of likely N-dealkylation sites (N-methyl/N-ethyl adjacent to an activating group) is 1. The topological polar surface area (TPSA) is 60.8 Å². The summed E-state index contributed by atoms with van der Waals surface area (Å²) >= 11 is 0. The van der Waals surface area contributed by atoms with Crippen molar-refractivity contribution in [3.8, 4) is 11.8 Å². The third kappa shape index (κ3) is 4.37. The molecule has 108 valence electrons. The predicted molar refractivity (Wildman–Crippen MR) is 78.4 cm³/mol. The van der Waals surface area contributed by atoms with Gasteiger partial charge in [-0.2, -0.15) is 0 Å². The number of amides is 1. The highest BCUT2D eigenvalue weighted by Gasteiger charge is 2.15. The monoisotopic (exact) mass is 275 g/mol. The second-order valence-corrected chi connectivity index (χ2v) is 4.41. The van der Waals surface area contributed by atoms with E-state index in [1.54, 1.807) is 11.0 Å². The molecule has 0 aliphatic rings. The van der Waals surface area contributed by atoms with Gasteiger partial charge >= 0.3 is 0 Å². The number of carbonyl (C=O) groups is 1. The lowest BCUT2D eigenvalue weighted by Crippen LogP contribution is -2.33. The summed E-state index contributed by atoms with van der Waals surface area (Å²) in [4.78, 5) is 14.0. The zero-order valence-electron chi connectivity index (χ0n) is 12.0. The van der Waals surface area contributed by atoms with Crippen LogP contribution in [0.2, 0.25) is 0 Å². The Hall–Kier alpha value is -1.83. The summed E-state index contributed by atoms with van der Waals surface area (Å²) in [5.74, 6) is 5.67. The van der Waals surface area contributed by atoms with Crippen molar-refractivity contribution in [1.82, 2.24) is 4.90 Å². The third-order valence-corrected chi connectivity index (χ3v) is 2.98. The molecule has 20 heavy (non-hydrogen) atoms. The summed E-state index contributed by atoms with van der Waals surface area (Å²) in [7, 11) is 0. The largest absolute Gasteiger partial charge is 0.395 e. The second-order valence-electron chi connectivity index (χ2n) is 4.41. The Morgan fingerprint density at radius 2 is 2.05 bits per heavy atom. The fraction of sp³-hybridized carbons (Fsp3) is 0.438. The first-order chi connectivity index (χ1) is 9.63. The first-order valence-electron chi connectivity index (χ1n) is 6.74. The Morgan fingerprint density at radius 1 is 1.30 bits per heavy atom. The van der Waals surface area contributed by atoms with Crippen LogP contribution in [-0.2, 0) is 0 Å². The van der Waals surface area contributed by atoms with E-state index in [1.165, 1.54) is 0 Å². The number of carbonyl (C=O) groups excluding carboxylic acids is 1. The van der Waals surface area contributed by atoms with E-state index in [2.05, 4.69) is 11.8 Å². The smallest absolute Gasteiger partial charge is 0.254 e. The predicted octanol–water partition coefficient (Wildman–Crippen LogP) is 1.18. The fourth-order valence-electron chi connectivity index (χ4n) is 1.84. The molecule has 0 atom stereocenters. The molecular weight excluding hydrogens is 254 g/mol. The molecule has 0 radical (unpaired) electrons. The zero-order valence-corrected chi connectivity index (χ0v) is 12.0. The van der Waals surface area contributed by atoms with Crippen LogP contribution in [0.5, 0.6) is 0 Å². The molecule has 0 saturated heterocycles. The van der Waals surface area contributed by atoms with Crippen molar-refractivity contribution in [2.45, 2.75) is 20.3 Å². The van der Waals surface area contributed by atoms with Gasteiger partial charge in [-0.1, -0.05) is 17.9 Å². The Bertz CT molecular complexity index is 514. The van der Waals surface area contributed by atoms with Gasteiger partial charge in [0, 0.05) is 30.6 Å². The van der Waals surface area contributed by atoms with Crippen molar-refractivity contribution in [2.24, 2.45) is 0 Å². The number of aliphatic hydroxyl groups excluding tert-OH is 2. The van der Waals surface area contributed by atoms with Gasteiger partial charge < -0.3 is 15.1 Å². The van der Waals surface area contributed by atoms with Crippen molar-refractivity contribution in [3.63, 3.8) is 0 Å². The molecule has 0 saturated carbocycles. The molecule has 0 spiro atoms. The Morgan fingerprint density at radius 3 is 2.65 bits per heavy atom. The van der Waals surface area contributed by atoms with Crippen LogP contribution in [0.1, 0.15) is 34.8 Å². The Kier molecular flexibility index (Phi) is 6.78. The van der Waals surface area contributed by atoms with E-state index in [9.17, 15) is 4.79 Å². The Labute approximate surface area is 120 Å². The Balaban J connectivity index is 3.02. The summed E-state index contributed by atoms with van der Waals surface area (Å²) in [6.45, 7) is 4.63. The molecule has 0 fully saturated rings. The molecule has 1 aromatic rings. The normalized spacial score (nSPS) is 9.80. The summed E-state index contributed by atoms with van der Waals surface area (Å²) in [6.07, 6.45) is 0.419. The first-order valence-corrected chi connectivity index (χ1v) is 6.74. The van der Waals surface area contributed by atoms with Crippen molar-refractivity contribution in [1.29, 1.82) is 0 Å². The maximum atomic E-state index is 12.4. The van der Waals surface area contributed by atoms with Crippen LogP contribution in [0, 0.1) is 18.8 Å². The van der Waals surface area contributed by atoms with Crippen LogP contribution < -0.4 is 0 Å². The zero-order chi connectivity index (χ0) is 15.0. The molecular formula is C16H21NO3. The molecule has 0 aliphatic carbocycles. The molecule has 4 nitrogen and oxygen atoms in total. The molecule has 0 unspecified atom stereocenters. The fourth-order valence-corrected chi connectivity index (χ4v) is 1.84. The molecule has 0 bridgehead atoms. The number of aryl methyl sites for hydroxylation is 1. The molecule has 1 rings (SSSR count). The molecule has 1 amide bonds. The van der Waals surface area contributed by atoms with Gasteiger partial charge in [-0.3, -0.25) is 4.79 Å². The first kappa shape index (κ1) is 16.2. The van der Waals surface area contributed by atoms with Gasteiger partial charge in [-0.25, -0.2) is 0 Å². The van der Waals surface area contributed by atoms with Gasteiger partial charge in [0.25, 0.3) is 5.91 Å². The van der Waals surface area contributed by atoms with Crippen LogP contribution in [0.25, 0.3) is 0 Å². The summed E-state index contributed by atoms with van der Waals surface area (Å²) in [5.41, 5.74) is 2.25. The minimum Gasteiger partial charge on any atom is -0.395 e. The van der Waals surface area contributed by atoms with Crippen LogP contribution in [0.4, 0.5) is 0 Å². The van der Waals surface area contributed by atoms with Crippen LogP contribution in [-0.4, -0.2) is 47.3 Å². The molecule has 2 N–H and O–H groups in total. The van der Waals surface area contributed by atoms with E-state index in [4.69, 9.17) is 10.2 Å². The van der Waals surface area contributed by atoms with Gasteiger partial charge in [-0.15, -0.1) is 0 Å². The average molecular weight is 275 g/mol. The van der Waals surface area contributed by atoms with Gasteiger partial charge in [0.05, 0.1) is 13.2 Å². The second kappa shape index (κ2) is 8.36. The SMILES string of the molecule is CCN(CCO)C(=O)c1cc(C#CCCO)ccc1C. The standard InChI is InChI=1S/C16H21NO3/c1-3-17(9-11-19)16(20)15-12-14(6-4-5-10-18)8-7-13(15)2/h7-8,12,18-19H,3,5,9-11H2,1-2H3. The highest BCUT2D eigenvalue weighted by molar-refractivity contribution is 5.96. The van der Waals surface area contributed by atoms with E-state index in [-0.39, 0.29) is 19.1 Å². The summed E-state index contributed by atoms with van der Waals surface area (Å²) < 4.78 is 0. The number of rotatable bonds is 5. The van der Waals surface area contributed by atoms with Crippen molar-refractivity contribution >= 4 is 5.91 Å². The average Bonchev–Trinajstić information content (AvgIpc) is 2.46. The van der Waals surface area contributed by atoms with Crippen molar-refractivity contribution in [3.05, 3.63) is 34.9 Å². The van der Waals surface area contributed by atoms with Crippen LogP contribution in [0.15, 0.2) is 18.2 Å². The van der Waals surface area contributed by atoms with Crippen molar-refractivity contribution in [2.75, 3.05) is 26.3 Å². The van der Waals surface area contributed by atoms with E-state index < -0.39 is 0 Å². The lowest BCUT2D eigenvalue weighted by Gasteiger charge is -2.20. The highest BCUT2D eigenvalue weighted by Crippen LogP contribution is 2.13. The van der Waals surface area contributed by atoms with Gasteiger partial charge in [-0.05, 0) is 31.5 Å². The van der Waals surface area contributed by atoms with E-state index in [1.807, 2.05) is 26.0 Å². The number of hydrogen-bond acceptors (Lipinski definition) is 3. The quantitative estimate of drug-likeness (QED) is 0.793. The number of hydrogen-bond donors (Lipinski definition) is 2. The lowest BCUT2D eigenvalue weighted by atomic mass is 10.0. The van der Waals surface area contributed by atoms with Crippen molar-refractivity contribution < 1.29 is 15.0 Å². The number of benzene rings is 1. The van der Waals surface area contributed by atoms with E-state index in [0.29, 0.717) is 25.1 Å². The van der Waals surface area contributed by atoms with Gasteiger partial charge in [0.1, 0.15) is 0 Å². The highest BCUT2D eigenvalue weighted by atomic mass is 16.3. The van der Waals surface area contributed by atoms with Gasteiger partial charge in [0.2, 0.25) is 0 Å². The molecule has 0 heterocycles. The maximum Gasteiger partial charge on any atom is 0.254 e. The minimum atomic E-state index is -0.0927. The summed E-state index contributed by atoms with van der Waals surface area (Å²) in [5, 5.41) is 17.7. The molecule has 0 aliphatic heterocycles. The number of nitrogens with zero attached hydrogens (tertiary/aromatic N) is 1. The third-order valence-electron chi connectivity index (χ3n) is 2.98. The van der Waals surface area contributed by atoms with Crippen LogP contribution in [0.3, 0.4) is 0 Å². The number of aliphatic hydroxyl groups is 2. The molecule has 0 aromatic heterocycles. The minimum absolute atomic E-state index is 0.0325. The molecule has 1 aromatic carbocycles.